The first kappa shape index (κ1) is 12.4. The van der Waals surface area contributed by atoms with Crippen LogP contribution in [-0.4, -0.2) is 9.97 Å². The van der Waals surface area contributed by atoms with Gasteiger partial charge >= 0.3 is 0 Å². The van der Waals surface area contributed by atoms with Crippen LogP contribution in [0.3, 0.4) is 0 Å². The second-order valence-electron chi connectivity index (χ2n) is 4.94. The molecular weight excluding hydrogens is 258 g/mol. The van der Waals surface area contributed by atoms with Gasteiger partial charge in [0.15, 0.2) is 0 Å². The number of hydrogen-bond donors (Lipinski definition) is 1. The maximum atomic E-state index is 6.13. The van der Waals surface area contributed by atoms with E-state index in [1.165, 1.54) is 31.2 Å². The Hall–Kier alpha value is -1.61. The lowest BCUT2D eigenvalue weighted by Crippen LogP contribution is -2.26. The van der Waals surface area contributed by atoms with E-state index in [9.17, 15) is 0 Å². The van der Waals surface area contributed by atoms with Gasteiger partial charge in [-0.2, -0.15) is 0 Å². The van der Waals surface area contributed by atoms with E-state index in [0.29, 0.717) is 10.9 Å². The predicted octanol–water partition coefficient (Wildman–Crippen LogP) is 4.08. The van der Waals surface area contributed by atoms with Crippen molar-refractivity contribution in [3.05, 3.63) is 53.4 Å². The number of nitrogens with zero attached hydrogens (tertiary/aromatic N) is 2. The summed E-state index contributed by atoms with van der Waals surface area (Å²) in [6, 6.07) is 10.8. The second kappa shape index (κ2) is 5.57. The minimum atomic E-state index is 0.280. The van der Waals surface area contributed by atoms with E-state index in [1.54, 1.807) is 6.20 Å². The summed E-state index contributed by atoms with van der Waals surface area (Å²) >= 11 is 6.13. The Balaban J connectivity index is 1.86. The zero-order chi connectivity index (χ0) is 13.1. The first-order chi connectivity index (χ1) is 9.34. The molecule has 1 fully saturated rings. The smallest absolute Gasteiger partial charge is 0.148 e. The Morgan fingerprint density at radius 1 is 1.21 bits per heavy atom. The summed E-state index contributed by atoms with van der Waals surface area (Å²) in [5, 5.41) is 4.05. The van der Waals surface area contributed by atoms with Crippen LogP contribution < -0.4 is 5.32 Å². The van der Waals surface area contributed by atoms with Crippen LogP contribution in [0.4, 0.5) is 5.82 Å². The number of rotatable bonds is 4. The SMILES string of the molecule is Clc1cncnc1NC(c1ccccc1)C1CCC1. The minimum absolute atomic E-state index is 0.280. The normalized spacial score (nSPS) is 16.7. The van der Waals surface area contributed by atoms with E-state index in [4.69, 9.17) is 11.6 Å². The molecule has 0 bridgehead atoms. The van der Waals surface area contributed by atoms with Crippen LogP contribution in [0, 0.1) is 5.92 Å². The molecule has 1 aliphatic carbocycles. The van der Waals surface area contributed by atoms with Gasteiger partial charge in [0.05, 0.1) is 12.2 Å². The summed E-state index contributed by atoms with van der Waals surface area (Å²) < 4.78 is 0. The maximum Gasteiger partial charge on any atom is 0.148 e. The number of anilines is 1. The van der Waals surface area contributed by atoms with E-state index in [0.717, 1.165) is 5.82 Å². The van der Waals surface area contributed by atoms with E-state index < -0.39 is 0 Å². The van der Waals surface area contributed by atoms with Crippen LogP contribution in [0.1, 0.15) is 30.9 Å². The van der Waals surface area contributed by atoms with E-state index in [1.807, 2.05) is 6.07 Å². The lowest BCUT2D eigenvalue weighted by molar-refractivity contribution is 0.277. The van der Waals surface area contributed by atoms with Gasteiger partial charge in [-0.25, -0.2) is 9.97 Å². The van der Waals surface area contributed by atoms with Gasteiger partial charge in [-0.1, -0.05) is 48.4 Å². The lowest BCUT2D eigenvalue weighted by atomic mass is 9.77. The second-order valence-corrected chi connectivity index (χ2v) is 5.35. The third-order valence-corrected chi connectivity index (χ3v) is 4.02. The largest absolute Gasteiger partial charge is 0.362 e. The summed E-state index contributed by atoms with van der Waals surface area (Å²) in [7, 11) is 0. The molecule has 4 heteroatoms. The average molecular weight is 274 g/mol. The molecule has 2 aromatic rings. The fraction of sp³-hybridized carbons (Fsp3) is 0.333. The highest BCUT2D eigenvalue weighted by Gasteiger charge is 2.29. The first-order valence-electron chi connectivity index (χ1n) is 6.61. The Kier molecular flexibility index (Phi) is 3.65. The highest BCUT2D eigenvalue weighted by Crippen LogP contribution is 2.40. The fourth-order valence-electron chi connectivity index (χ4n) is 2.47. The van der Waals surface area contributed by atoms with Crippen LogP contribution >= 0.6 is 11.6 Å². The number of nitrogens with one attached hydrogen (secondary N) is 1. The molecular formula is C15H16ClN3. The van der Waals surface area contributed by atoms with Gasteiger partial charge in [-0.3, -0.25) is 0 Å². The Bertz CT molecular complexity index is 540. The summed E-state index contributed by atoms with van der Waals surface area (Å²) in [4.78, 5) is 8.15. The van der Waals surface area contributed by atoms with Gasteiger partial charge < -0.3 is 5.32 Å². The third kappa shape index (κ3) is 2.71. The number of halogens is 1. The zero-order valence-electron chi connectivity index (χ0n) is 10.6. The molecule has 98 valence electrons. The summed E-state index contributed by atoms with van der Waals surface area (Å²) in [6.45, 7) is 0. The molecule has 0 radical (unpaired) electrons. The number of hydrogen-bond acceptors (Lipinski definition) is 3. The lowest BCUT2D eigenvalue weighted by Gasteiger charge is -2.35. The Labute approximate surface area is 118 Å². The molecule has 1 N–H and O–H groups in total. The van der Waals surface area contributed by atoms with Crippen molar-refractivity contribution in [2.75, 3.05) is 5.32 Å². The molecule has 0 aliphatic heterocycles. The molecule has 1 heterocycles. The van der Waals surface area contributed by atoms with Gasteiger partial charge in [0, 0.05) is 0 Å². The minimum Gasteiger partial charge on any atom is -0.362 e. The van der Waals surface area contributed by atoms with Crippen molar-refractivity contribution < 1.29 is 0 Å². The molecule has 1 aromatic carbocycles. The molecule has 1 aromatic heterocycles. The average Bonchev–Trinajstić information content (AvgIpc) is 2.39. The molecule has 0 saturated heterocycles. The number of benzene rings is 1. The molecule has 1 aliphatic rings. The quantitative estimate of drug-likeness (QED) is 0.912. The Morgan fingerprint density at radius 3 is 2.63 bits per heavy atom. The van der Waals surface area contributed by atoms with Crippen LogP contribution in [0.5, 0.6) is 0 Å². The standard InChI is InChI=1S/C15H16ClN3/c16-13-9-17-10-18-15(13)19-14(12-7-4-8-12)11-5-2-1-3-6-11/h1-3,5-6,9-10,12,14H,4,7-8H2,(H,17,18,19). The molecule has 3 nitrogen and oxygen atoms in total. The highest BCUT2D eigenvalue weighted by molar-refractivity contribution is 6.32. The van der Waals surface area contributed by atoms with Gasteiger partial charge in [-0.05, 0) is 24.3 Å². The summed E-state index contributed by atoms with van der Waals surface area (Å²) in [6.07, 6.45) is 6.98. The summed E-state index contributed by atoms with van der Waals surface area (Å²) in [5.41, 5.74) is 1.29. The van der Waals surface area contributed by atoms with Crippen molar-refractivity contribution in [2.45, 2.75) is 25.3 Å². The fourth-order valence-corrected chi connectivity index (χ4v) is 2.63. The van der Waals surface area contributed by atoms with E-state index >= 15 is 0 Å². The van der Waals surface area contributed by atoms with Crippen molar-refractivity contribution in [3.63, 3.8) is 0 Å². The van der Waals surface area contributed by atoms with Gasteiger partial charge in [0.2, 0.25) is 0 Å². The predicted molar refractivity (Wildman–Crippen MR) is 77.2 cm³/mol. The topological polar surface area (TPSA) is 37.8 Å². The first-order valence-corrected chi connectivity index (χ1v) is 6.99. The zero-order valence-corrected chi connectivity index (χ0v) is 11.3. The highest BCUT2D eigenvalue weighted by atomic mass is 35.5. The van der Waals surface area contributed by atoms with Crippen molar-refractivity contribution in [2.24, 2.45) is 5.92 Å². The van der Waals surface area contributed by atoms with E-state index in [-0.39, 0.29) is 6.04 Å². The molecule has 0 spiro atoms. The molecule has 1 saturated carbocycles. The van der Waals surface area contributed by atoms with Crippen molar-refractivity contribution >= 4 is 17.4 Å². The van der Waals surface area contributed by atoms with Crippen LogP contribution in [-0.2, 0) is 0 Å². The molecule has 1 unspecified atom stereocenters. The summed E-state index contributed by atoms with van der Waals surface area (Å²) in [5.74, 6) is 1.38. The van der Waals surface area contributed by atoms with Gasteiger partial charge in [0.25, 0.3) is 0 Å². The number of aromatic nitrogens is 2. The Morgan fingerprint density at radius 2 is 2.00 bits per heavy atom. The van der Waals surface area contributed by atoms with Crippen molar-refractivity contribution in [1.82, 2.24) is 9.97 Å². The van der Waals surface area contributed by atoms with Crippen LogP contribution in [0.25, 0.3) is 0 Å². The monoisotopic (exact) mass is 273 g/mol. The molecule has 0 amide bonds. The molecule has 1 atom stereocenters. The molecule has 3 rings (SSSR count). The van der Waals surface area contributed by atoms with Crippen LogP contribution in [0.2, 0.25) is 5.02 Å². The van der Waals surface area contributed by atoms with E-state index in [2.05, 4.69) is 39.6 Å². The maximum absolute atomic E-state index is 6.13. The van der Waals surface area contributed by atoms with Gasteiger partial charge in [-0.15, -0.1) is 0 Å². The third-order valence-electron chi connectivity index (χ3n) is 3.74. The van der Waals surface area contributed by atoms with Crippen molar-refractivity contribution in [1.29, 1.82) is 0 Å². The molecule has 19 heavy (non-hydrogen) atoms. The van der Waals surface area contributed by atoms with Gasteiger partial charge in [0.1, 0.15) is 17.2 Å². The van der Waals surface area contributed by atoms with Crippen molar-refractivity contribution in [3.8, 4) is 0 Å². The van der Waals surface area contributed by atoms with Crippen LogP contribution in [0.15, 0.2) is 42.9 Å².